The second-order valence-electron chi connectivity index (χ2n) is 6.23. The van der Waals surface area contributed by atoms with Crippen molar-refractivity contribution in [3.05, 3.63) is 59.7 Å². The van der Waals surface area contributed by atoms with Crippen LogP contribution in [0.4, 0.5) is 11.4 Å². The van der Waals surface area contributed by atoms with Crippen molar-refractivity contribution in [2.45, 2.75) is 6.42 Å². The first kappa shape index (κ1) is 20.0. The van der Waals surface area contributed by atoms with E-state index in [1.165, 1.54) is 4.90 Å². The van der Waals surface area contributed by atoms with Gasteiger partial charge in [0.05, 0.1) is 13.0 Å². The van der Waals surface area contributed by atoms with Gasteiger partial charge in [0.2, 0.25) is 11.8 Å². The Labute approximate surface area is 158 Å². The molecule has 0 atom stereocenters. The zero-order chi connectivity index (χ0) is 19.8. The van der Waals surface area contributed by atoms with Gasteiger partial charge in [-0.2, -0.15) is 0 Å². The Morgan fingerprint density at radius 1 is 0.852 bits per heavy atom. The molecule has 2 rings (SSSR count). The van der Waals surface area contributed by atoms with Crippen LogP contribution in [0.3, 0.4) is 0 Å². The first-order chi connectivity index (χ1) is 12.9. The Bertz CT molecular complexity index is 799. The molecule has 0 aliphatic heterocycles. The highest BCUT2D eigenvalue weighted by Crippen LogP contribution is 2.12. The number of nitrogens with one attached hydrogen (secondary N) is 3. The highest BCUT2D eigenvalue weighted by Gasteiger charge is 2.08. The summed E-state index contributed by atoms with van der Waals surface area (Å²) in [5.41, 5.74) is 2.88. The molecule has 27 heavy (non-hydrogen) atoms. The standard InChI is InChI=1S/C20H24N4O3/c1-21-18(25)12-14-4-8-16(9-5-14)22-13-19(26)23-17-10-6-15(7-11-17)20(27)24(2)3/h4-11,22H,12-13H2,1-3H3,(H,21,25)(H,23,26). The molecule has 0 spiro atoms. The molecule has 0 radical (unpaired) electrons. The van der Waals surface area contributed by atoms with E-state index in [1.807, 2.05) is 24.3 Å². The predicted octanol–water partition coefficient (Wildman–Crippen LogP) is 1.73. The SMILES string of the molecule is CNC(=O)Cc1ccc(NCC(=O)Nc2ccc(C(=O)N(C)C)cc2)cc1. The average Bonchev–Trinajstić information content (AvgIpc) is 2.67. The molecule has 0 heterocycles. The Hall–Kier alpha value is -3.35. The van der Waals surface area contributed by atoms with Gasteiger partial charge in [-0.3, -0.25) is 14.4 Å². The van der Waals surface area contributed by atoms with E-state index in [-0.39, 0.29) is 24.3 Å². The Kier molecular flexibility index (Phi) is 6.93. The van der Waals surface area contributed by atoms with Crippen molar-refractivity contribution in [3.8, 4) is 0 Å². The summed E-state index contributed by atoms with van der Waals surface area (Å²) in [7, 11) is 4.98. The van der Waals surface area contributed by atoms with E-state index < -0.39 is 0 Å². The lowest BCUT2D eigenvalue weighted by atomic mass is 10.1. The molecule has 3 amide bonds. The van der Waals surface area contributed by atoms with Gasteiger partial charge in [-0.1, -0.05) is 12.1 Å². The molecule has 0 aliphatic rings. The lowest BCUT2D eigenvalue weighted by Crippen LogP contribution is -2.23. The third-order valence-corrected chi connectivity index (χ3v) is 3.87. The first-order valence-corrected chi connectivity index (χ1v) is 8.54. The summed E-state index contributed by atoms with van der Waals surface area (Å²) in [6.45, 7) is 0.104. The normalized spacial score (nSPS) is 10.0. The summed E-state index contributed by atoms with van der Waals surface area (Å²) in [5, 5.41) is 8.38. The van der Waals surface area contributed by atoms with E-state index in [2.05, 4.69) is 16.0 Å². The van der Waals surface area contributed by atoms with Crippen molar-refractivity contribution >= 4 is 29.1 Å². The van der Waals surface area contributed by atoms with Crippen molar-refractivity contribution in [2.24, 2.45) is 0 Å². The molecule has 7 heteroatoms. The van der Waals surface area contributed by atoms with Gasteiger partial charge in [-0.05, 0) is 42.0 Å². The number of benzene rings is 2. The lowest BCUT2D eigenvalue weighted by molar-refractivity contribution is -0.120. The van der Waals surface area contributed by atoms with Crippen molar-refractivity contribution in [2.75, 3.05) is 38.3 Å². The van der Waals surface area contributed by atoms with Gasteiger partial charge >= 0.3 is 0 Å². The number of carbonyl (C=O) groups excluding carboxylic acids is 3. The second kappa shape index (κ2) is 9.38. The number of hydrogen-bond acceptors (Lipinski definition) is 4. The molecular formula is C20H24N4O3. The minimum absolute atomic E-state index is 0.0478. The van der Waals surface area contributed by atoms with Crippen LogP contribution < -0.4 is 16.0 Å². The van der Waals surface area contributed by atoms with Crippen LogP contribution in [-0.2, 0) is 16.0 Å². The number of amides is 3. The van der Waals surface area contributed by atoms with Gasteiger partial charge in [0.25, 0.3) is 5.91 Å². The number of rotatable bonds is 7. The summed E-state index contributed by atoms with van der Waals surface area (Å²) >= 11 is 0. The molecule has 0 unspecified atom stereocenters. The van der Waals surface area contributed by atoms with Gasteiger partial charge in [-0.25, -0.2) is 0 Å². The van der Waals surface area contributed by atoms with Crippen LogP contribution in [0.2, 0.25) is 0 Å². The Balaban J connectivity index is 1.83. The molecule has 0 saturated heterocycles. The first-order valence-electron chi connectivity index (χ1n) is 8.54. The van der Waals surface area contributed by atoms with Crippen LogP contribution >= 0.6 is 0 Å². The zero-order valence-electron chi connectivity index (χ0n) is 15.7. The van der Waals surface area contributed by atoms with E-state index in [0.717, 1.165) is 11.3 Å². The third-order valence-electron chi connectivity index (χ3n) is 3.87. The number of likely N-dealkylation sites (N-methyl/N-ethyl adjacent to an activating group) is 1. The van der Waals surface area contributed by atoms with Crippen molar-refractivity contribution in [1.29, 1.82) is 0 Å². The fraction of sp³-hybridized carbons (Fsp3) is 0.250. The average molecular weight is 368 g/mol. The smallest absolute Gasteiger partial charge is 0.253 e. The fourth-order valence-corrected chi connectivity index (χ4v) is 2.36. The van der Waals surface area contributed by atoms with E-state index >= 15 is 0 Å². The molecule has 142 valence electrons. The van der Waals surface area contributed by atoms with Crippen LogP contribution in [-0.4, -0.2) is 50.3 Å². The molecule has 0 aromatic heterocycles. The molecule has 0 saturated carbocycles. The Morgan fingerprint density at radius 2 is 1.44 bits per heavy atom. The number of hydrogen-bond donors (Lipinski definition) is 3. The molecule has 2 aromatic carbocycles. The molecule has 3 N–H and O–H groups in total. The molecule has 0 bridgehead atoms. The van der Waals surface area contributed by atoms with Crippen LogP contribution in [0.15, 0.2) is 48.5 Å². The topological polar surface area (TPSA) is 90.5 Å². The van der Waals surface area contributed by atoms with Gasteiger partial charge in [0.1, 0.15) is 0 Å². The van der Waals surface area contributed by atoms with E-state index in [9.17, 15) is 14.4 Å². The minimum Gasteiger partial charge on any atom is -0.376 e. The van der Waals surface area contributed by atoms with Gasteiger partial charge < -0.3 is 20.9 Å². The highest BCUT2D eigenvalue weighted by atomic mass is 16.2. The van der Waals surface area contributed by atoms with E-state index in [0.29, 0.717) is 17.7 Å². The monoisotopic (exact) mass is 368 g/mol. The molecule has 0 aliphatic carbocycles. The summed E-state index contributed by atoms with van der Waals surface area (Å²) < 4.78 is 0. The quantitative estimate of drug-likeness (QED) is 0.694. The molecule has 7 nitrogen and oxygen atoms in total. The molecule has 0 fully saturated rings. The maximum Gasteiger partial charge on any atom is 0.253 e. The third kappa shape index (κ3) is 6.14. The van der Waals surface area contributed by atoms with Crippen LogP contribution in [0.25, 0.3) is 0 Å². The van der Waals surface area contributed by atoms with E-state index in [4.69, 9.17) is 0 Å². The molecular weight excluding hydrogens is 344 g/mol. The number of anilines is 2. The summed E-state index contributed by atoms with van der Waals surface area (Å²) in [5.74, 6) is -0.334. The highest BCUT2D eigenvalue weighted by molar-refractivity contribution is 5.96. The van der Waals surface area contributed by atoms with Crippen LogP contribution in [0.5, 0.6) is 0 Å². The minimum atomic E-state index is -0.198. The maximum atomic E-state index is 12.1. The van der Waals surface area contributed by atoms with Crippen LogP contribution in [0, 0.1) is 0 Å². The Morgan fingerprint density at radius 3 is 2.00 bits per heavy atom. The second-order valence-corrected chi connectivity index (χ2v) is 6.23. The summed E-state index contributed by atoms with van der Waals surface area (Å²) in [6, 6.07) is 14.1. The van der Waals surface area contributed by atoms with E-state index in [1.54, 1.807) is 45.4 Å². The van der Waals surface area contributed by atoms with Crippen LogP contribution in [0.1, 0.15) is 15.9 Å². The number of carbonyl (C=O) groups is 3. The zero-order valence-corrected chi connectivity index (χ0v) is 15.7. The van der Waals surface area contributed by atoms with Crippen molar-refractivity contribution in [1.82, 2.24) is 10.2 Å². The van der Waals surface area contributed by atoms with Gasteiger partial charge in [0.15, 0.2) is 0 Å². The van der Waals surface area contributed by atoms with Gasteiger partial charge in [0, 0.05) is 38.1 Å². The lowest BCUT2D eigenvalue weighted by Gasteiger charge is -2.11. The summed E-state index contributed by atoms with van der Waals surface area (Å²) in [4.78, 5) is 36.7. The van der Waals surface area contributed by atoms with Crippen molar-refractivity contribution in [3.63, 3.8) is 0 Å². The van der Waals surface area contributed by atoms with Crippen molar-refractivity contribution < 1.29 is 14.4 Å². The molecule has 2 aromatic rings. The number of nitrogens with zero attached hydrogens (tertiary/aromatic N) is 1. The largest absolute Gasteiger partial charge is 0.376 e. The maximum absolute atomic E-state index is 12.1. The predicted molar refractivity (Wildman–Crippen MR) is 106 cm³/mol. The van der Waals surface area contributed by atoms with Gasteiger partial charge in [-0.15, -0.1) is 0 Å². The summed E-state index contributed by atoms with van der Waals surface area (Å²) in [6.07, 6.45) is 0.323. The fourth-order valence-electron chi connectivity index (χ4n) is 2.36.